The van der Waals surface area contributed by atoms with E-state index < -0.39 is 5.97 Å². The number of hydrogen-bond acceptors (Lipinski definition) is 6. The molecule has 0 aliphatic rings. The van der Waals surface area contributed by atoms with Gasteiger partial charge in [0.25, 0.3) is 0 Å². The Kier molecular flexibility index (Phi) is 5.71. The quantitative estimate of drug-likeness (QED) is 0.794. The van der Waals surface area contributed by atoms with Crippen LogP contribution in [0.3, 0.4) is 0 Å². The Bertz CT molecular complexity index is 715. The largest absolute Gasteiger partial charge is 0.477 e. The summed E-state index contributed by atoms with van der Waals surface area (Å²) in [7, 11) is 0. The molecule has 0 bridgehead atoms. The zero-order valence-electron chi connectivity index (χ0n) is 14.0. The molecule has 24 heavy (non-hydrogen) atoms. The number of nitrogens with zero attached hydrogens (tertiary/aromatic N) is 2. The fourth-order valence-corrected chi connectivity index (χ4v) is 2.71. The molecule has 0 aliphatic carbocycles. The third kappa shape index (κ3) is 5.16. The number of thiophene rings is 1. The highest BCUT2D eigenvalue weighted by Crippen LogP contribution is 2.19. The van der Waals surface area contributed by atoms with Gasteiger partial charge in [-0.3, -0.25) is 4.79 Å². The summed E-state index contributed by atoms with van der Waals surface area (Å²) in [6.45, 7) is 6.37. The van der Waals surface area contributed by atoms with E-state index in [1.54, 1.807) is 6.07 Å². The second-order valence-corrected chi connectivity index (χ2v) is 7.63. The summed E-state index contributed by atoms with van der Waals surface area (Å²) in [6.07, 6.45) is 1.52. The molecular weight excluding hydrogens is 330 g/mol. The smallest absolute Gasteiger partial charge is 0.345 e. The first-order valence-corrected chi connectivity index (χ1v) is 8.49. The van der Waals surface area contributed by atoms with Crippen LogP contribution in [-0.2, 0) is 23.2 Å². The number of aromatic nitrogens is 2. The molecular formula is C16H21N3O4S. The van der Waals surface area contributed by atoms with Crippen LogP contribution in [0.2, 0.25) is 0 Å². The standard InChI is InChI=1S/C16H21N3O4S/c1-16(2,3)15-18-13(23-19-15)6-4-5-12(20)17-9-10-7-8-11(24-10)14(21)22/h7-8H,4-6,9H2,1-3H3,(H,17,20)(H,21,22). The lowest BCUT2D eigenvalue weighted by Crippen LogP contribution is -2.22. The summed E-state index contributed by atoms with van der Waals surface area (Å²) in [5, 5.41) is 15.6. The molecule has 0 aliphatic heterocycles. The highest BCUT2D eigenvalue weighted by atomic mass is 32.1. The molecule has 0 radical (unpaired) electrons. The third-order valence-corrected chi connectivity index (χ3v) is 4.34. The van der Waals surface area contributed by atoms with E-state index in [4.69, 9.17) is 9.63 Å². The van der Waals surface area contributed by atoms with Crippen molar-refractivity contribution in [2.45, 2.75) is 52.0 Å². The van der Waals surface area contributed by atoms with E-state index >= 15 is 0 Å². The number of rotatable bonds is 7. The molecule has 2 heterocycles. The second kappa shape index (κ2) is 7.57. The van der Waals surface area contributed by atoms with Crippen molar-refractivity contribution >= 4 is 23.2 Å². The maximum atomic E-state index is 11.8. The monoisotopic (exact) mass is 351 g/mol. The number of carboxylic acid groups (broad SMARTS) is 1. The third-order valence-electron chi connectivity index (χ3n) is 3.27. The van der Waals surface area contributed by atoms with E-state index in [-0.39, 0.29) is 16.2 Å². The number of aryl methyl sites for hydroxylation is 1. The van der Waals surface area contributed by atoms with Gasteiger partial charge >= 0.3 is 5.97 Å². The van der Waals surface area contributed by atoms with Crippen molar-refractivity contribution in [3.8, 4) is 0 Å². The highest BCUT2D eigenvalue weighted by molar-refractivity contribution is 7.13. The number of carbonyl (C=O) groups is 2. The fourth-order valence-electron chi connectivity index (χ4n) is 1.92. The summed E-state index contributed by atoms with van der Waals surface area (Å²) < 4.78 is 5.18. The van der Waals surface area contributed by atoms with Crippen LogP contribution < -0.4 is 5.32 Å². The van der Waals surface area contributed by atoms with E-state index in [0.717, 1.165) is 16.2 Å². The van der Waals surface area contributed by atoms with Crippen LogP contribution in [0.4, 0.5) is 0 Å². The lowest BCUT2D eigenvalue weighted by atomic mass is 9.96. The van der Waals surface area contributed by atoms with Crippen molar-refractivity contribution in [1.82, 2.24) is 15.5 Å². The molecule has 0 atom stereocenters. The van der Waals surface area contributed by atoms with Crippen molar-refractivity contribution in [2.24, 2.45) is 0 Å². The summed E-state index contributed by atoms with van der Waals surface area (Å²) in [6, 6.07) is 3.25. The lowest BCUT2D eigenvalue weighted by molar-refractivity contribution is -0.121. The molecule has 8 heteroatoms. The summed E-state index contributed by atoms with van der Waals surface area (Å²) >= 11 is 1.16. The minimum absolute atomic E-state index is 0.0872. The molecule has 0 saturated heterocycles. The maximum Gasteiger partial charge on any atom is 0.345 e. The Hall–Kier alpha value is -2.22. The Morgan fingerprint density at radius 2 is 2.08 bits per heavy atom. The zero-order valence-corrected chi connectivity index (χ0v) is 14.8. The summed E-state index contributed by atoms with van der Waals surface area (Å²) in [4.78, 5) is 28.0. The molecule has 2 aromatic rings. The minimum Gasteiger partial charge on any atom is -0.477 e. The van der Waals surface area contributed by atoms with E-state index in [9.17, 15) is 9.59 Å². The number of amides is 1. The van der Waals surface area contributed by atoms with Gasteiger partial charge in [0.2, 0.25) is 11.8 Å². The van der Waals surface area contributed by atoms with Crippen molar-refractivity contribution < 1.29 is 19.2 Å². The molecule has 2 N–H and O–H groups in total. The van der Waals surface area contributed by atoms with Gasteiger partial charge in [0.05, 0.1) is 6.54 Å². The van der Waals surface area contributed by atoms with Gasteiger partial charge < -0.3 is 14.9 Å². The Balaban J connectivity index is 1.71. The fraction of sp³-hybridized carbons (Fsp3) is 0.500. The molecule has 7 nitrogen and oxygen atoms in total. The van der Waals surface area contributed by atoms with Gasteiger partial charge in [-0.05, 0) is 18.6 Å². The van der Waals surface area contributed by atoms with Crippen molar-refractivity contribution in [2.75, 3.05) is 0 Å². The van der Waals surface area contributed by atoms with Crippen LogP contribution in [0, 0.1) is 0 Å². The molecule has 2 aromatic heterocycles. The van der Waals surface area contributed by atoms with Gasteiger partial charge in [0.15, 0.2) is 5.82 Å². The number of carboxylic acids is 1. The van der Waals surface area contributed by atoms with Gasteiger partial charge in [-0.1, -0.05) is 25.9 Å². The van der Waals surface area contributed by atoms with Gasteiger partial charge in [-0.25, -0.2) is 4.79 Å². The Morgan fingerprint density at radius 1 is 1.33 bits per heavy atom. The van der Waals surface area contributed by atoms with Gasteiger partial charge in [-0.15, -0.1) is 11.3 Å². The Morgan fingerprint density at radius 3 is 2.67 bits per heavy atom. The van der Waals surface area contributed by atoms with Crippen LogP contribution in [0.5, 0.6) is 0 Å². The first kappa shape index (κ1) is 18.1. The van der Waals surface area contributed by atoms with Gasteiger partial charge in [-0.2, -0.15) is 4.98 Å². The number of nitrogens with one attached hydrogen (secondary N) is 1. The molecule has 130 valence electrons. The van der Waals surface area contributed by atoms with Crippen LogP contribution in [0.25, 0.3) is 0 Å². The van der Waals surface area contributed by atoms with Crippen molar-refractivity contribution in [3.63, 3.8) is 0 Å². The van der Waals surface area contributed by atoms with Crippen LogP contribution >= 0.6 is 11.3 Å². The Labute approximate surface area is 144 Å². The predicted octanol–water partition coefficient (Wildman–Crippen LogP) is 2.77. The van der Waals surface area contributed by atoms with E-state index in [1.807, 2.05) is 20.8 Å². The van der Waals surface area contributed by atoms with E-state index in [0.29, 0.717) is 37.5 Å². The second-order valence-electron chi connectivity index (χ2n) is 6.46. The normalized spacial score (nSPS) is 11.5. The first-order valence-electron chi connectivity index (χ1n) is 7.67. The van der Waals surface area contributed by atoms with Crippen LogP contribution in [0.15, 0.2) is 16.7 Å². The number of carbonyl (C=O) groups excluding carboxylic acids is 1. The average Bonchev–Trinajstić information content (AvgIpc) is 3.13. The first-order chi connectivity index (χ1) is 11.3. The van der Waals surface area contributed by atoms with Crippen molar-refractivity contribution in [3.05, 3.63) is 33.6 Å². The lowest BCUT2D eigenvalue weighted by Gasteiger charge is -2.10. The minimum atomic E-state index is -0.952. The van der Waals surface area contributed by atoms with Crippen LogP contribution in [0.1, 0.15) is 59.9 Å². The number of hydrogen-bond donors (Lipinski definition) is 2. The predicted molar refractivity (Wildman–Crippen MR) is 89.1 cm³/mol. The molecule has 0 saturated carbocycles. The van der Waals surface area contributed by atoms with Crippen LogP contribution in [-0.4, -0.2) is 27.1 Å². The van der Waals surface area contributed by atoms with E-state index in [1.165, 1.54) is 6.07 Å². The molecule has 2 rings (SSSR count). The van der Waals surface area contributed by atoms with Gasteiger partial charge in [0.1, 0.15) is 4.88 Å². The average molecular weight is 351 g/mol. The summed E-state index contributed by atoms with van der Waals surface area (Å²) in [5.41, 5.74) is -0.158. The van der Waals surface area contributed by atoms with Crippen molar-refractivity contribution in [1.29, 1.82) is 0 Å². The topological polar surface area (TPSA) is 105 Å². The molecule has 0 unspecified atom stereocenters. The molecule has 0 aromatic carbocycles. The van der Waals surface area contributed by atoms with Gasteiger partial charge in [0, 0.05) is 23.1 Å². The molecule has 0 spiro atoms. The highest BCUT2D eigenvalue weighted by Gasteiger charge is 2.20. The molecule has 0 fully saturated rings. The SMILES string of the molecule is CC(C)(C)c1noc(CCCC(=O)NCc2ccc(C(=O)O)s2)n1. The number of aromatic carboxylic acids is 1. The summed E-state index contributed by atoms with van der Waals surface area (Å²) in [5.74, 6) is 0.161. The van der Waals surface area contributed by atoms with E-state index in [2.05, 4.69) is 15.5 Å². The molecule has 1 amide bonds. The zero-order chi connectivity index (χ0) is 17.7. The maximum absolute atomic E-state index is 11.8.